The summed E-state index contributed by atoms with van der Waals surface area (Å²) in [6, 6.07) is 8.39. The van der Waals surface area contributed by atoms with E-state index in [1.807, 2.05) is 28.8 Å². The Morgan fingerprint density at radius 3 is 2.31 bits per heavy atom. The van der Waals surface area contributed by atoms with Gasteiger partial charge in [0, 0.05) is 25.0 Å². The van der Waals surface area contributed by atoms with E-state index in [-0.39, 0.29) is 22.9 Å². The van der Waals surface area contributed by atoms with Crippen molar-refractivity contribution in [1.29, 1.82) is 0 Å². The van der Waals surface area contributed by atoms with Crippen molar-refractivity contribution in [2.24, 2.45) is 0 Å². The third kappa shape index (κ3) is 5.77. The predicted octanol–water partition coefficient (Wildman–Crippen LogP) is 2.50. The molecule has 0 bridgehead atoms. The zero-order valence-electron chi connectivity index (χ0n) is 18.9. The number of benzene rings is 1. The van der Waals surface area contributed by atoms with Crippen molar-refractivity contribution in [3.63, 3.8) is 0 Å². The molecule has 192 valence electrons. The molecule has 9 nitrogen and oxygen atoms in total. The molecular weight excluding hydrogens is 511 g/mol. The van der Waals surface area contributed by atoms with Crippen molar-refractivity contribution in [2.45, 2.75) is 23.0 Å². The molecule has 1 aromatic heterocycles. The van der Waals surface area contributed by atoms with Crippen molar-refractivity contribution in [3.05, 3.63) is 41.1 Å². The number of carbonyl (C=O) groups excluding carboxylic acids is 1. The number of nitrogens with zero attached hydrogens (tertiary/aromatic N) is 3. The number of rotatable bonds is 4. The lowest BCUT2D eigenvalue weighted by atomic mass is 9.93. The number of carboxylic acids is 1. The summed E-state index contributed by atoms with van der Waals surface area (Å²) in [7, 11) is -0.140. The molecule has 0 radical (unpaired) electrons. The van der Waals surface area contributed by atoms with Crippen LogP contribution in [0.2, 0.25) is 0 Å². The smallest absolute Gasteiger partial charge is 0.490 e. The Kier molecular flexibility index (Phi) is 7.79. The monoisotopic (exact) mass is 535 g/mol. The normalized spacial score (nSPS) is 21.6. The van der Waals surface area contributed by atoms with Crippen LogP contribution < -0.4 is 9.64 Å². The van der Waals surface area contributed by atoms with E-state index in [4.69, 9.17) is 14.6 Å². The first-order valence-electron chi connectivity index (χ1n) is 10.3. The van der Waals surface area contributed by atoms with E-state index in [0.29, 0.717) is 31.8 Å². The van der Waals surface area contributed by atoms with E-state index in [9.17, 15) is 26.4 Å². The molecule has 2 aliphatic heterocycles. The molecule has 0 aliphatic carbocycles. The third-order valence-corrected chi connectivity index (χ3v) is 8.52. The Bertz CT molecular complexity index is 1160. The van der Waals surface area contributed by atoms with E-state index in [2.05, 4.69) is 0 Å². The number of piperazine rings is 1. The van der Waals surface area contributed by atoms with E-state index >= 15 is 0 Å². The fraction of sp³-hybridized carbons (Fsp3) is 0.429. The standard InChI is InChI=1S/C19H23N3O4S2.C2HF3O2/c1-20-11-18(23)22(15-7-10-27-12-15)14-19(20)8-9-21(13-19)28(24,25)17-5-3-16(26-2)4-6-17;3-2(4,5)1(6)7/h3-7,10,12H,8-9,11,13-14H2,1-2H3;(H,6,7). The largest absolute Gasteiger partial charge is 0.497 e. The summed E-state index contributed by atoms with van der Waals surface area (Å²) in [5, 5.41) is 11.0. The molecule has 0 saturated carbocycles. The first-order valence-corrected chi connectivity index (χ1v) is 12.7. The topological polar surface area (TPSA) is 107 Å². The Morgan fingerprint density at radius 2 is 1.80 bits per heavy atom. The van der Waals surface area contributed by atoms with Crippen LogP contribution >= 0.6 is 11.3 Å². The second kappa shape index (κ2) is 10.1. The molecule has 1 spiro atoms. The number of halogens is 3. The van der Waals surface area contributed by atoms with E-state index in [1.165, 1.54) is 4.31 Å². The van der Waals surface area contributed by atoms with Gasteiger partial charge in [0.15, 0.2) is 0 Å². The van der Waals surface area contributed by atoms with Crippen molar-refractivity contribution in [1.82, 2.24) is 9.21 Å². The summed E-state index contributed by atoms with van der Waals surface area (Å²) in [6.07, 6.45) is -4.40. The maximum absolute atomic E-state index is 13.1. The van der Waals surface area contributed by atoms with Crippen molar-refractivity contribution < 1.29 is 41.0 Å². The number of methoxy groups -OCH3 is 1. The van der Waals surface area contributed by atoms with Gasteiger partial charge in [-0.1, -0.05) is 0 Å². The fourth-order valence-electron chi connectivity index (χ4n) is 3.97. The summed E-state index contributed by atoms with van der Waals surface area (Å²) in [5.74, 6) is -2.09. The number of carboxylic acid groups (broad SMARTS) is 1. The molecule has 3 heterocycles. The van der Waals surface area contributed by atoms with Gasteiger partial charge in [-0.25, -0.2) is 13.2 Å². The highest BCUT2D eigenvalue weighted by Gasteiger charge is 2.50. The zero-order chi connectivity index (χ0) is 26.0. The van der Waals surface area contributed by atoms with Crippen LogP contribution in [0.4, 0.5) is 18.9 Å². The number of anilines is 1. The number of ether oxygens (including phenoxy) is 1. The summed E-state index contributed by atoms with van der Waals surface area (Å²) in [4.78, 5) is 25.5. The quantitative estimate of drug-likeness (QED) is 0.641. The molecule has 35 heavy (non-hydrogen) atoms. The zero-order valence-corrected chi connectivity index (χ0v) is 20.5. The van der Waals surface area contributed by atoms with Crippen molar-refractivity contribution >= 4 is 38.9 Å². The fourth-order valence-corrected chi connectivity index (χ4v) is 6.13. The van der Waals surface area contributed by atoms with Gasteiger partial charge in [-0.2, -0.15) is 28.8 Å². The average Bonchev–Trinajstić information content (AvgIpc) is 3.48. The van der Waals surface area contributed by atoms with Crippen molar-refractivity contribution in [2.75, 3.05) is 45.2 Å². The van der Waals surface area contributed by atoms with E-state index in [0.717, 1.165) is 5.69 Å². The molecule has 2 aromatic rings. The van der Waals surface area contributed by atoms with Crippen LogP contribution in [-0.4, -0.2) is 86.7 Å². The summed E-state index contributed by atoms with van der Waals surface area (Å²) >= 11 is 1.55. The molecular formula is C21H24F3N3O6S2. The Balaban J connectivity index is 0.000000429. The molecule has 2 saturated heterocycles. The number of thiophene rings is 1. The highest BCUT2D eigenvalue weighted by molar-refractivity contribution is 7.89. The van der Waals surface area contributed by atoms with Gasteiger partial charge in [-0.3, -0.25) is 9.69 Å². The Morgan fingerprint density at radius 1 is 1.17 bits per heavy atom. The Hall–Kier alpha value is -2.68. The highest BCUT2D eigenvalue weighted by atomic mass is 32.2. The minimum absolute atomic E-state index is 0.0444. The molecule has 2 fully saturated rings. The summed E-state index contributed by atoms with van der Waals surface area (Å²) in [6.45, 7) is 1.58. The van der Waals surface area contributed by atoms with Crippen LogP contribution in [0.5, 0.6) is 5.75 Å². The van der Waals surface area contributed by atoms with Crippen LogP contribution in [0.25, 0.3) is 0 Å². The molecule has 1 N–H and O–H groups in total. The second-order valence-electron chi connectivity index (χ2n) is 8.11. The van der Waals surface area contributed by atoms with Gasteiger partial charge in [-0.05, 0) is 49.2 Å². The maximum atomic E-state index is 13.1. The van der Waals surface area contributed by atoms with Crippen LogP contribution in [0, 0.1) is 0 Å². The number of amides is 1. The molecule has 1 aromatic carbocycles. The molecule has 1 amide bonds. The lowest BCUT2D eigenvalue weighted by Crippen LogP contribution is -2.64. The minimum Gasteiger partial charge on any atom is -0.497 e. The van der Waals surface area contributed by atoms with E-state index < -0.39 is 22.2 Å². The van der Waals surface area contributed by atoms with Crippen LogP contribution in [0.3, 0.4) is 0 Å². The molecule has 2 aliphatic rings. The molecule has 1 atom stereocenters. The summed E-state index contributed by atoms with van der Waals surface area (Å²) in [5.41, 5.74) is 0.508. The lowest BCUT2D eigenvalue weighted by Gasteiger charge is -2.46. The number of carbonyl (C=O) groups is 2. The number of likely N-dealkylation sites (N-methyl/N-ethyl adjacent to an activating group) is 1. The first kappa shape index (κ1) is 26.9. The predicted molar refractivity (Wildman–Crippen MR) is 122 cm³/mol. The minimum atomic E-state index is -5.08. The molecule has 14 heteroatoms. The van der Waals surface area contributed by atoms with Gasteiger partial charge in [0.05, 0.1) is 29.8 Å². The SMILES string of the molecule is COc1ccc(S(=O)(=O)N2CCC3(CN(c4ccsc4)C(=O)CN3C)C2)cc1.O=C(O)C(F)(F)F. The molecule has 4 rings (SSSR count). The number of hydrogen-bond donors (Lipinski definition) is 1. The molecule has 1 unspecified atom stereocenters. The lowest BCUT2D eigenvalue weighted by molar-refractivity contribution is -0.192. The first-order chi connectivity index (χ1) is 16.3. The number of hydrogen-bond acceptors (Lipinski definition) is 7. The summed E-state index contributed by atoms with van der Waals surface area (Å²) < 4.78 is 64.6. The van der Waals surface area contributed by atoms with Crippen LogP contribution in [0.15, 0.2) is 46.0 Å². The van der Waals surface area contributed by atoms with Gasteiger partial charge in [0.1, 0.15) is 5.75 Å². The van der Waals surface area contributed by atoms with Gasteiger partial charge < -0.3 is 14.7 Å². The second-order valence-corrected chi connectivity index (χ2v) is 10.8. The third-order valence-electron chi connectivity index (χ3n) is 5.99. The van der Waals surface area contributed by atoms with Crippen LogP contribution in [0.1, 0.15) is 6.42 Å². The van der Waals surface area contributed by atoms with Gasteiger partial charge in [0.25, 0.3) is 0 Å². The number of alkyl halides is 3. The number of aliphatic carboxylic acids is 1. The van der Waals surface area contributed by atoms with Gasteiger partial charge in [-0.15, -0.1) is 0 Å². The average molecular weight is 536 g/mol. The maximum Gasteiger partial charge on any atom is 0.490 e. The van der Waals surface area contributed by atoms with E-state index in [1.54, 1.807) is 47.6 Å². The van der Waals surface area contributed by atoms with Gasteiger partial charge in [0.2, 0.25) is 15.9 Å². The highest BCUT2D eigenvalue weighted by Crippen LogP contribution is 2.36. The number of sulfonamides is 1. The van der Waals surface area contributed by atoms with Crippen LogP contribution in [-0.2, 0) is 19.6 Å². The van der Waals surface area contributed by atoms with Gasteiger partial charge >= 0.3 is 12.1 Å². The Labute approximate surface area is 204 Å². The van der Waals surface area contributed by atoms with Crippen molar-refractivity contribution in [3.8, 4) is 5.75 Å².